The Morgan fingerprint density at radius 1 is 1.32 bits per heavy atom. The van der Waals surface area contributed by atoms with Crippen molar-refractivity contribution < 1.29 is 23.9 Å². The zero-order valence-corrected chi connectivity index (χ0v) is 15.8. The number of halogens is 1. The van der Waals surface area contributed by atoms with E-state index >= 15 is 0 Å². The lowest BCUT2D eigenvalue weighted by molar-refractivity contribution is -0.160. The number of esters is 1. The van der Waals surface area contributed by atoms with Gasteiger partial charge in [0.15, 0.2) is 0 Å². The molecule has 1 aromatic rings. The Morgan fingerprint density at radius 2 is 2.04 bits per heavy atom. The number of imide groups is 1. The molecule has 0 N–H and O–H groups in total. The summed E-state index contributed by atoms with van der Waals surface area (Å²) >= 11 is 6.19. The van der Waals surface area contributed by atoms with Crippen LogP contribution in [0.4, 0.5) is 10.5 Å². The first-order valence-electron chi connectivity index (χ1n) is 8.56. The highest BCUT2D eigenvalue weighted by Crippen LogP contribution is 2.43. The van der Waals surface area contributed by atoms with E-state index in [4.69, 9.17) is 16.9 Å². The van der Waals surface area contributed by atoms with Crippen LogP contribution in [-0.4, -0.2) is 65.4 Å². The van der Waals surface area contributed by atoms with Crippen LogP contribution in [0.3, 0.4) is 0 Å². The van der Waals surface area contributed by atoms with Gasteiger partial charge in [-0.1, -0.05) is 11.6 Å². The van der Waals surface area contributed by atoms with Gasteiger partial charge >= 0.3 is 17.9 Å². The van der Waals surface area contributed by atoms with Crippen LogP contribution in [0.25, 0.3) is 0 Å². The first-order valence-corrected chi connectivity index (χ1v) is 8.94. The molecule has 0 radical (unpaired) electrons. The number of urea groups is 1. The van der Waals surface area contributed by atoms with Crippen LogP contribution in [0, 0.1) is 18.3 Å². The lowest BCUT2D eigenvalue weighted by Crippen LogP contribution is -2.56. The van der Waals surface area contributed by atoms with Gasteiger partial charge in [0.1, 0.15) is 12.1 Å². The highest BCUT2D eigenvalue weighted by atomic mass is 35.5. The summed E-state index contributed by atoms with van der Waals surface area (Å²) < 4.78 is 4.49. The largest absolute Gasteiger partial charge is 0.462 e. The van der Waals surface area contributed by atoms with Gasteiger partial charge in [-0.25, -0.2) is 14.5 Å². The number of hydrogen-bond acceptors (Lipinski definition) is 6. The molecule has 9 nitrogen and oxygen atoms in total. The summed E-state index contributed by atoms with van der Waals surface area (Å²) in [5, 5.41) is 9.27. The van der Waals surface area contributed by atoms with Crippen LogP contribution < -0.4 is 4.90 Å². The Kier molecular flexibility index (Phi) is 4.05. The molecule has 3 atom stereocenters. The number of methoxy groups -OCH3 is 1. The van der Waals surface area contributed by atoms with Crippen LogP contribution in [0.5, 0.6) is 0 Å². The number of likely N-dealkylation sites (tertiary alicyclic amines) is 1. The summed E-state index contributed by atoms with van der Waals surface area (Å²) in [6, 6.07) is 2.65. The molecule has 0 aliphatic carbocycles. The number of anilines is 1. The van der Waals surface area contributed by atoms with Gasteiger partial charge < -0.3 is 14.5 Å². The van der Waals surface area contributed by atoms with Crippen molar-refractivity contribution in [3.05, 3.63) is 28.3 Å². The first-order chi connectivity index (χ1) is 13.3. The fourth-order valence-electron chi connectivity index (χ4n) is 4.32. The van der Waals surface area contributed by atoms with E-state index in [1.54, 1.807) is 6.92 Å². The average Bonchev–Trinajstić information content (AvgIpc) is 3.35. The van der Waals surface area contributed by atoms with Crippen molar-refractivity contribution >= 4 is 41.1 Å². The molecular formula is C18H15ClN4O5. The number of hydrogen-bond donors (Lipinski definition) is 0. The molecule has 2 bridgehead atoms. The number of amides is 4. The summed E-state index contributed by atoms with van der Waals surface area (Å²) in [6.45, 7) is 1.80. The predicted molar refractivity (Wildman–Crippen MR) is 95.3 cm³/mol. The highest BCUT2D eigenvalue weighted by molar-refractivity contribution is 6.34. The third-order valence-corrected chi connectivity index (χ3v) is 6.09. The monoisotopic (exact) mass is 402 g/mol. The van der Waals surface area contributed by atoms with E-state index in [0.717, 1.165) is 12.0 Å². The van der Waals surface area contributed by atoms with Crippen molar-refractivity contribution in [2.75, 3.05) is 18.6 Å². The molecule has 0 saturated carbocycles. The topological polar surface area (TPSA) is 111 Å². The van der Waals surface area contributed by atoms with Gasteiger partial charge in [-0.05, 0) is 31.0 Å². The number of fused-ring (bicyclic) bond motifs is 5. The van der Waals surface area contributed by atoms with E-state index in [0.29, 0.717) is 17.7 Å². The van der Waals surface area contributed by atoms with Gasteiger partial charge in [0.25, 0.3) is 5.91 Å². The lowest BCUT2D eigenvalue weighted by atomic mass is 10.1. The van der Waals surface area contributed by atoms with E-state index in [1.165, 1.54) is 21.9 Å². The molecule has 3 heterocycles. The Labute approximate surface area is 165 Å². The van der Waals surface area contributed by atoms with Crippen molar-refractivity contribution in [3.8, 4) is 6.07 Å². The summed E-state index contributed by atoms with van der Waals surface area (Å²) in [6.07, 6.45) is 0.436. The van der Waals surface area contributed by atoms with E-state index in [9.17, 15) is 19.2 Å². The van der Waals surface area contributed by atoms with Crippen LogP contribution in [0.2, 0.25) is 5.02 Å². The lowest BCUT2D eigenvalue weighted by Gasteiger charge is -2.34. The minimum Gasteiger partial charge on any atom is -0.462 e. The van der Waals surface area contributed by atoms with Crippen LogP contribution in [0.1, 0.15) is 17.5 Å². The average molecular weight is 403 g/mol. The third kappa shape index (κ3) is 2.24. The summed E-state index contributed by atoms with van der Waals surface area (Å²) in [4.78, 5) is 53.8. The molecule has 4 amide bonds. The minimum atomic E-state index is -0.998. The Hall–Kier alpha value is -3.12. The first kappa shape index (κ1) is 18.3. The molecule has 3 fully saturated rings. The Bertz CT molecular complexity index is 987. The number of piperazine rings is 1. The van der Waals surface area contributed by atoms with E-state index in [-0.39, 0.29) is 23.2 Å². The molecule has 0 spiro atoms. The second kappa shape index (κ2) is 6.21. The molecule has 3 aliphatic heterocycles. The zero-order valence-electron chi connectivity index (χ0n) is 15.0. The van der Waals surface area contributed by atoms with Crippen LogP contribution >= 0.6 is 11.6 Å². The normalized spacial score (nSPS) is 25.2. The number of benzene rings is 1. The van der Waals surface area contributed by atoms with Crippen molar-refractivity contribution in [2.45, 2.75) is 31.5 Å². The SMILES string of the molecule is COC(=O)C(=O)N1C[C@H]2CC1[C@H]1C(=O)N(c3ccc(C#N)c(Cl)c3C)C(=O)N21. The number of ether oxygens (including phenoxy) is 1. The van der Waals surface area contributed by atoms with Crippen molar-refractivity contribution in [2.24, 2.45) is 0 Å². The fraction of sp³-hybridized carbons (Fsp3) is 0.389. The van der Waals surface area contributed by atoms with Crippen LogP contribution in [0.15, 0.2) is 12.1 Å². The molecule has 10 heteroatoms. The quantitative estimate of drug-likeness (QED) is 0.390. The molecule has 28 heavy (non-hydrogen) atoms. The molecule has 3 saturated heterocycles. The maximum atomic E-state index is 13.1. The summed E-state index contributed by atoms with van der Waals surface area (Å²) in [5.41, 5.74) is 0.995. The molecular weight excluding hydrogens is 388 g/mol. The van der Waals surface area contributed by atoms with Gasteiger partial charge in [-0.3, -0.25) is 9.59 Å². The maximum absolute atomic E-state index is 13.1. The predicted octanol–water partition coefficient (Wildman–Crippen LogP) is 0.813. The third-order valence-electron chi connectivity index (χ3n) is 5.60. The van der Waals surface area contributed by atoms with Gasteiger partial charge in [-0.2, -0.15) is 5.26 Å². The zero-order chi connectivity index (χ0) is 20.3. The van der Waals surface area contributed by atoms with Crippen molar-refractivity contribution in [1.29, 1.82) is 5.26 Å². The number of nitriles is 1. The number of nitrogens with zero attached hydrogens (tertiary/aromatic N) is 4. The Morgan fingerprint density at radius 3 is 2.68 bits per heavy atom. The molecule has 1 unspecified atom stereocenters. The molecule has 1 aromatic carbocycles. The van der Waals surface area contributed by atoms with Gasteiger partial charge in [0.05, 0.1) is 35.5 Å². The summed E-state index contributed by atoms with van der Waals surface area (Å²) in [5.74, 6) is -2.29. The smallest absolute Gasteiger partial charge is 0.396 e. The van der Waals surface area contributed by atoms with Crippen molar-refractivity contribution in [1.82, 2.24) is 9.80 Å². The number of rotatable bonds is 1. The second-order valence-corrected chi connectivity index (χ2v) is 7.28. The highest BCUT2D eigenvalue weighted by Gasteiger charge is 2.63. The van der Waals surface area contributed by atoms with E-state index in [1.807, 2.05) is 6.07 Å². The molecule has 4 rings (SSSR count). The van der Waals surface area contributed by atoms with Crippen molar-refractivity contribution in [3.63, 3.8) is 0 Å². The molecule has 0 aromatic heterocycles. The Balaban J connectivity index is 1.69. The van der Waals surface area contributed by atoms with E-state index < -0.39 is 35.9 Å². The van der Waals surface area contributed by atoms with E-state index in [2.05, 4.69) is 4.74 Å². The second-order valence-electron chi connectivity index (χ2n) is 6.90. The summed E-state index contributed by atoms with van der Waals surface area (Å²) in [7, 11) is 1.12. The standard InChI is InChI=1S/C18H15ClN4O5/c1-8-11(4-3-9(6-20)13(8)19)23-15(24)14-12-5-10(22(14)18(23)27)7-21(12)16(25)17(26)28-2/h3-4,10,12,14H,5,7H2,1-2H3/t10-,12?,14+/m1/s1. The van der Waals surface area contributed by atoms with Gasteiger partial charge in [0.2, 0.25) is 0 Å². The van der Waals surface area contributed by atoms with Gasteiger partial charge in [-0.15, -0.1) is 0 Å². The number of carbonyl (C=O) groups excluding carboxylic acids is 4. The molecule has 144 valence electrons. The number of carbonyl (C=O) groups is 4. The van der Waals surface area contributed by atoms with Gasteiger partial charge in [0, 0.05) is 6.54 Å². The minimum absolute atomic E-state index is 0.176. The maximum Gasteiger partial charge on any atom is 0.396 e. The van der Waals surface area contributed by atoms with Crippen LogP contribution in [-0.2, 0) is 19.1 Å². The fourth-order valence-corrected chi connectivity index (χ4v) is 4.52. The molecule has 3 aliphatic rings.